The van der Waals surface area contributed by atoms with E-state index in [4.69, 9.17) is 11.5 Å². The number of benzene rings is 2. The molecular weight excluding hydrogens is 340 g/mol. The Morgan fingerprint density at radius 3 is 1.81 bits per heavy atom. The lowest BCUT2D eigenvalue weighted by Gasteiger charge is -2.42. The first-order valence-electron chi connectivity index (χ1n) is 9.42. The largest absolute Gasteiger partial charge is 0.372 e. The minimum atomic E-state index is -0.830. The fourth-order valence-corrected chi connectivity index (χ4v) is 3.28. The molecule has 0 aromatic heterocycles. The second-order valence-electron chi connectivity index (χ2n) is 6.81. The van der Waals surface area contributed by atoms with Crippen molar-refractivity contribution in [2.24, 2.45) is 11.5 Å². The number of hydrazine groups is 1. The third-order valence-electron chi connectivity index (χ3n) is 4.58. The van der Waals surface area contributed by atoms with Crippen LogP contribution in [0.15, 0.2) is 42.5 Å². The van der Waals surface area contributed by atoms with E-state index in [0.29, 0.717) is 13.1 Å². The van der Waals surface area contributed by atoms with E-state index in [1.54, 1.807) is 23.9 Å². The molecule has 6 N–H and O–H groups in total. The molecule has 0 aliphatic heterocycles. The Morgan fingerprint density at radius 2 is 1.33 bits per heavy atom. The van der Waals surface area contributed by atoms with Gasteiger partial charge in [0.05, 0.1) is 11.4 Å². The van der Waals surface area contributed by atoms with Crippen LogP contribution in [-0.4, -0.2) is 35.8 Å². The lowest BCUT2D eigenvalue weighted by molar-refractivity contribution is 0.137. The van der Waals surface area contributed by atoms with Gasteiger partial charge in [0, 0.05) is 0 Å². The normalized spacial score (nSPS) is 13.3. The Labute approximate surface area is 162 Å². The van der Waals surface area contributed by atoms with E-state index in [9.17, 15) is 10.2 Å². The molecule has 0 heterocycles. The number of aliphatic hydroxyl groups excluding tert-OH is 2. The molecule has 148 valence electrons. The summed E-state index contributed by atoms with van der Waals surface area (Å²) in [6.45, 7) is 6.58. The first-order chi connectivity index (χ1) is 12.9. The van der Waals surface area contributed by atoms with Gasteiger partial charge in [-0.15, -0.1) is 0 Å². The molecule has 27 heavy (non-hydrogen) atoms. The highest BCUT2D eigenvalue weighted by molar-refractivity contribution is 5.60. The van der Waals surface area contributed by atoms with Crippen molar-refractivity contribution in [2.45, 2.75) is 46.1 Å². The average molecular weight is 373 g/mol. The van der Waals surface area contributed by atoms with Gasteiger partial charge in [-0.3, -0.25) is 10.0 Å². The van der Waals surface area contributed by atoms with Crippen molar-refractivity contribution in [1.82, 2.24) is 0 Å². The van der Waals surface area contributed by atoms with Gasteiger partial charge in [-0.1, -0.05) is 18.2 Å². The van der Waals surface area contributed by atoms with Crippen molar-refractivity contribution in [1.29, 1.82) is 0 Å². The third-order valence-corrected chi connectivity index (χ3v) is 4.58. The highest BCUT2D eigenvalue weighted by atomic mass is 16.3. The molecule has 2 aromatic carbocycles. The Balaban J connectivity index is 2.42. The molecule has 0 aliphatic carbocycles. The molecule has 0 aliphatic rings. The zero-order valence-electron chi connectivity index (χ0n) is 16.5. The smallest absolute Gasteiger partial charge is 0.143 e. The molecule has 0 saturated carbocycles. The topological polar surface area (TPSA) is 99.0 Å². The number of aliphatic hydroxyl groups is 2. The Hall–Kier alpha value is -2.12. The highest BCUT2D eigenvalue weighted by Crippen LogP contribution is 2.28. The molecule has 6 heteroatoms. The van der Waals surface area contributed by atoms with Gasteiger partial charge in [-0.25, -0.2) is 0 Å². The fraction of sp³-hybridized carbons (Fsp3) is 0.429. The van der Waals surface area contributed by atoms with Crippen LogP contribution in [0.4, 0.5) is 11.4 Å². The molecule has 0 fully saturated rings. The molecule has 2 rings (SSSR count). The second-order valence-corrected chi connectivity index (χ2v) is 6.81. The molecule has 0 spiro atoms. The average Bonchev–Trinajstić information content (AvgIpc) is 2.62. The monoisotopic (exact) mass is 372 g/mol. The Morgan fingerprint density at radius 1 is 0.815 bits per heavy atom. The fourth-order valence-electron chi connectivity index (χ4n) is 3.28. The number of nitrogens with zero attached hydrogens (tertiary/aromatic N) is 2. The van der Waals surface area contributed by atoms with Gasteiger partial charge in [0.15, 0.2) is 0 Å². The number of anilines is 2. The molecule has 0 radical (unpaired) electrons. The standard InChI is InChI=1S/C21H32N4O2/c1-15-14-21(9-6-19(15)11-13-23)25(17(3)27)24(16(2)26)20-7-4-18(5-8-20)10-12-22/h4-9,14,16-17,26-27H,10-13,22-23H2,1-3H3. The van der Waals surface area contributed by atoms with Gasteiger partial charge in [0.2, 0.25) is 0 Å². The van der Waals surface area contributed by atoms with Crippen molar-refractivity contribution in [3.8, 4) is 0 Å². The quantitative estimate of drug-likeness (QED) is 0.396. The van der Waals surface area contributed by atoms with Crippen LogP contribution in [0.3, 0.4) is 0 Å². The van der Waals surface area contributed by atoms with Gasteiger partial charge in [-0.05, 0) is 87.7 Å². The summed E-state index contributed by atoms with van der Waals surface area (Å²) in [5, 5.41) is 24.3. The maximum Gasteiger partial charge on any atom is 0.143 e. The van der Waals surface area contributed by atoms with E-state index in [1.165, 1.54) is 5.56 Å². The van der Waals surface area contributed by atoms with Gasteiger partial charge in [-0.2, -0.15) is 0 Å². The predicted molar refractivity (Wildman–Crippen MR) is 111 cm³/mol. The molecule has 2 unspecified atom stereocenters. The van der Waals surface area contributed by atoms with Crippen LogP contribution in [0.25, 0.3) is 0 Å². The zero-order valence-corrected chi connectivity index (χ0v) is 16.5. The summed E-state index contributed by atoms with van der Waals surface area (Å²) >= 11 is 0. The van der Waals surface area contributed by atoms with Crippen LogP contribution in [0.2, 0.25) is 0 Å². The number of hydrogen-bond acceptors (Lipinski definition) is 6. The summed E-state index contributed by atoms with van der Waals surface area (Å²) in [6, 6.07) is 13.8. The highest BCUT2D eigenvalue weighted by Gasteiger charge is 2.25. The number of aryl methyl sites for hydroxylation is 1. The predicted octanol–water partition coefficient (Wildman–Crippen LogP) is 1.90. The lowest BCUT2D eigenvalue weighted by atomic mass is 10.0. The van der Waals surface area contributed by atoms with Gasteiger partial charge < -0.3 is 21.7 Å². The summed E-state index contributed by atoms with van der Waals surface area (Å²) in [7, 11) is 0. The van der Waals surface area contributed by atoms with Gasteiger partial charge in [0.25, 0.3) is 0 Å². The van der Waals surface area contributed by atoms with Crippen LogP contribution in [0.1, 0.15) is 30.5 Å². The Kier molecular flexibility index (Phi) is 7.62. The molecule has 0 bridgehead atoms. The molecule has 2 aromatic rings. The van der Waals surface area contributed by atoms with E-state index in [-0.39, 0.29) is 0 Å². The maximum absolute atomic E-state index is 10.5. The number of hydrogen-bond donors (Lipinski definition) is 4. The van der Waals surface area contributed by atoms with Crippen molar-refractivity contribution in [3.63, 3.8) is 0 Å². The molecule has 0 amide bonds. The molecule has 2 atom stereocenters. The van der Waals surface area contributed by atoms with Crippen LogP contribution in [0.5, 0.6) is 0 Å². The van der Waals surface area contributed by atoms with Crippen LogP contribution >= 0.6 is 0 Å². The third kappa shape index (κ3) is 5.20. The molecular formula is C21H32N4O2. The van der Waals surface area contributed by atoms with Crippen molar-refractivity contribution >= 4 is 11.4 Å². The lowest BCUT2D eigenvalue weighted by Crippen LogP contribution is -2.52. The SMILES string of the molecule is Cc1cc(N(C(C)O)N(c2ccc(CCN)cc2)C(C)O)ccc1CCN. The van der Waals surface area contributed by atoms with Gasteiger partial charge >= 0.3 is 0 Å². The van der Waals surface area contributed by atoms with Crippen LogP contribution in [-0.2, 0) is 12.8 Å². The first kappa shape index (κ1) is 21.2. The summed E-state index contributed by atoms with van der Waals surface area (Å²) in [5.41, 5.74) is 16.3. The minimum Gasteiger partial charge on any atom is -0.372 e. The minimum absolute atomic E-state index is 0.591. The summed E-state index contributed by atoms with van der Waals surface area (Å²) in [6.07, 6.45) is -0.0486. The zero-order chi connectivity index (χ0) is 20.0. The van der Waals surface area contributed by atoms with E-state index in [1.807, 2.05) is 49.4 Å². The van der Waals surface area contributed by atoms with Crippen LogP contribution < -0.4 is 21.5 Å². The van der Waals surface area contributed by atoms with E-state index in [0.717, 1.165) is 35.3 Å². The number of nitrogens with two attached hydrogens (primary N) is 2. The van der Waals surface area contributed by atoms with Crippen LogP contribution in [0, 0.1) is 6.92 Å². The van der Waals surface area contributed by atoms with E-state index < -0.39 is 12.5 Å². The maximum atomic E-state index is 10.5. The summed E-state index contributed by atoms with van der Waals surface area (Å²) < 4.78 is 0. The second kappa shape index (κ2) is 9.71. The van der Waals surface area contributed by atoms with Gasteiger partial charge in [0.1, 0.15) is 12.5 Å². The molecule has 0 saturated heterocycles. The number of rotatable bonds is 9. The first-order valence-corrected chi connectivity index (χ1v) is 9.42. The Bertz CT molecular complexity index is 717. The van der Waals surface area contributed by atoms with Crippen molar-refractivity contribution < 1.29 is 10.2 Å². The molecule has 6 nitrogen and oxygen atoms in total. The summed E-state index contributed by atoms with van der Waals surface area (Å²) in [5.74, 6) is 0. The van der Waals surface area contributed by atoms with E-state index >= 15 is 0 Å². The summed E-state index contributed by atoms with van der Waals surface area (Å²) in [4.78, 5) is 0. The van der Waals surface area contributed by atoms with E-state index in [2.05, 4.69) is 0 Å². The van der Waals surface area contributed by atoms with Crippen molar-refractivity contribution in [3.05, 3.63) is 59.2 Å². The van der Waals surface area contributed by atoms with Crippen molar-refractivity contribution in [2.75, 3.05) is 23.1 Å².